The van der Waals surface area contributed by atoms with Crippen LogP contribution >= 0.6 is 0 Å². The van der Waals surface area contributed by atoms with Gasteiger partial charge < -0.3 is 5.32 Å². The Labute approximate surface area is 160 Å². The molecule has 1 heterocycles. The predicted molar refractivity (Wildman–Crippen MR) is 105 cm³/mol. The Bertz CT molecular complexity index is 941. The molecule has 1 aliphatic carbocycles. The lowest BCUT2D eigenvalue weighted by atomic mass is 9.90. The highest BCUT2D eigenvalue weighted by atomic mass is 32.2. The Balaban J connectivity index is 1.57. The van der Waals surface area contributed by atoms with Crippen LogP contribution in [0.25, 0.3) is 0 Å². The zero-order chi connectivity index (χ0) is 18.9. The molecule has 1 N–H and O–H groups in total. The summed E-state index contributed by atoms with van der Waals surface area (Å²) in [5, 5.41) is 3.02. The van der Waals surface area contributed by atoms with E-state index in [1.165, 1.54) is 21.9 Å². The molecule has 0 unspecified atom stereocenters. The summed E-state index contributed by atoms with van der Waals surface area (Å²) in [6.07, 6.45) is 5.54. The van der Waals surface area contributed by atoms with Crippen molar-refractivity contribution < 1.29 is 13.2 Å². The number of hydrogen-bond donors (Lipinski definition) is 1. The van der Waals surface area contributed by atoms with E-state index in [-0.39, 0.29) is 10.8 Å². The minimum Gasteiger partial charge on any atom is -0.324 e. The second-order valence-electron chi connectivity index (χ2n) is 7.23. The van der Waals surface area contributed by atoms with Gasteiger partial charge in [-0.25, -0.2) is 8.42 Å². The molecule has 1 saturated heterocycles. The van der Waals surface area contributed by atoms with Crippen LogP contribution in [0.2, 0.25) is 0 Å². The van der Waals surface area contributed by atoms with E-state index in [2.05, 4.69) is 11.4 Å². The average molecular weight is 385 g/mol. The lowest BCUT2D eigenvalue weighted by molar-refractivity contribution is -0.119. The standard InChI is InChI=1S/C21H24N2O3S/c24-21(22-19-13-6-9-16-8-4-5-12-18(16)19)20-14-7-15-23(20)27(25,26)17-10-2-1-3-11-17/h1-3,6,9-11,13,20H,4-5,7-8,12,14-15H2,(H,22,24)/t20-/m1/s1. The van der Waals surface area contributed by atoms with Crippen molar-refractivity contribution in [2.24, 2.45) is 0 Å². The van der Waals surface area contributed by atoms with E-state index < -0.39 is 16.1 Å². The molecule has 0 radical (unpaired) electrons. The number of benzene rings is 2. The van der Waals surface area contributed by atoms with Gasteiger partial charge >= 0.3 is 0 Å². The Kier molecular flexibility index (Phi) is 5.02. The van der Waals surface area contributed by atoms with Crippen LogP contribution in [-0.4, -0.2) is 31.2 Å². The number of rotatable bonds is 4. The Morgan fingerprint density at radius 2 is 1.74 bits per heavy atom. The van der Waals surface area contributed by atoms with E-state index in [0.717, 1.165) is 24.9 Å². The number of aryl methyl sites for hydroxylation is 1. The van der Waals surface area contributed by atoms with Crippen LogP contribution in [-0.2, 0) is 27.7 Å². The molecular weight excluding hydrogens is 360 g/mol. The fourth-order valence-corrected chi connectivity index (χ4v) is 5.81. The van der Waals surface area contributed by atoms with Crippen molar-refractivity contribution in [3.05, 3.63) is 59.7 Å². The maximum absolute atomic E-state index is 13.0. The smallest absolute Gasteiger partial charge is 0.243 e. The van der Waals surface area contributed by atoms with E-state index in [1.54, 1.807) is 30.3 Å². The van der Waals surface area contributed by atoms with Crippen LogP contribution in [0.5, 0.6) is 0 Å². The van der Waals surface area contributed by atoms with Gasteiger partial charge in [-0.15, -0.1) is 0 Å². The number of carbonyl (C=O) groups excluding carboxylic acids is 1. The van der Waals surface area contributed by atoms with Gasteiger partial charge in [-0.05, 0) is 67.9 Å². The third kappa shape index (κ3) is 3.51. The normalized spacial score (nSPS) is 20.2. The number of fused-ring (bicyclic) bond motifs is 1. The summed E-state index contributed by atoms with van der Waals surface area (Å²) < 4.78 is 27.3. The van der Waals surface area contributed by atoms with Crippen LogP contribution in [0.15, 0.2) is 53.4 Å². The summed E-state index contributed by atoms with van der Waals surface area (Å²) in [6.45, 7) is 0.377. The van der Waals surface area contributed by atoms with Gasteiger partial charge in [0.1, 0.15) is 6.04 Å². The first-order chi connectivity index (χ1) is 13.1. The minimum atomic E-state index is -3.67. The van der Waals surface area contributed by atoms with E-state index in [4.69, 9.17) is 0 Å². The van der Waals surface area contributed by atoms with Gasteiger partial charge in [0.2, 0.25) is 15.9 Å². The zero-order valence-corrected chi connectivity index (χ0v) is 16.0. The highest BCUT2D eigenvalue weighted by Gasteiger charge is 2.39. The monoisotopic (exact) mass is 384 g/mol. The maximum atomic E-state index is 13.0. The number of sulfonamides is 1. The summed E-state index contributed by atoms with van der Waals surface area (Å²) >= 11 is 0. The highest BCUT2D eigenvalue weighted by molar-refractivity contribution is 7.89. The molecule has 5 nitrogen and oxygen atoms in total. The second kappa shape index (κ2) is 7.44. The first-order valence-electron chi connectivity index (χ1n) is 9.56. The zero-order valence-electron chi connectivity index (χ0n) is 15.2. The van der Waals surface area contributed by atoms with Crippen LogP contribution in [0.3, 0.4) is 0 Å². The van der Waals surface area contributed by atoms with Gasteiger partial charge in [0.05, 0.1) is 4.90 Å². The SMILES string of the molecule is O=C(Nc1cccc2c1CCCC2)[C@H]1CCCN1S(=O)(=O)c1ccccc1. The largest absolute Gasteiger partial charge is 0.324 e. The summed E-state index contributed by atoms with van der Waals surface area (Å²) in [5.74, 6) is -0.231. The van der Waals surface area contributed by atoms with Gasteiger partial charge in [0.25, 0.3) is 0 Å². The molecule has 6 heteroatoms. The molecule has 1 atom stereocenters. The predicted octanol–water partition coefficient (Wildman–Crippen LogP) is 3.36. The number of hydrogen-bond acceptors (Lipinski definition) is 3. The molecule has 0 aromatic heterocycles. The molecule has 0 saturated carbocycles. The van der Waals surface area contributed by atoms with Crippen molar-refractivity contribution >= 4 is 21.6 Å². The summed E-state index contributed by atoms with van der Waals surface area (Å²) in [7, 11) is -3.67. The van der Waals surface area contributed by atoms with E-state index in [1.807, 2.05) is 12.1 Å². The molecule has 2 aromatic carbocycles. The first kappa shape index (κ1) is 18.2. The van der Waals surface area contributed by atoms with E-state index in [9.17, 15) is 13.2 Å². The average Bonchev–Trinajstić information content (AvgIpc) is 3.20. The molecule has 142 valence electrons. The first-order valence-corrected chi connectivity index (χ1v) is 11.0. The number of amides is 1. The van der Waals surface area contributed by atoms with Gasteiger partial charge in [0.15, 0.2) is 0 Å². The summed E-state index contributed by atoms with van der Waals surface area (Å²) in [6, 6.07) is 13.7. The molecule has 1 aliphatic heterocycles. The summed E-state index contributed by atoms with van der Waals surface area (Å²) in [4.78, 5) is 13.2. The van der Waals surface area contributed by atoms with Gasteiger partial charge in [-0.2, -0.15) is 4.31 Å². The van der Waals surface area contributed by atoms with Crippen LogP contribution < -0.4 is 5.32 Å². The molecule has 0 bridgehead atoms. The van der Waals surface area contributed by atoms with Crippen molar-refractivity contribution in [2.45, 2.75) is 49.5 Å². The molecular formula is C21H24N2O3S. The number of nitrogens with one attached hydrogen (secondary N) is 1. The second-order valence-corrected chi connectivity index (χ2v) is 9.12. The Morgan fingerprint density at radius 1 is 0.963 bits per heavy atom. The third-order valence-corrected chi connectivity index (χ3v) is 7.43. The quantitative estimate of drug-likeness (QED) is 0.879. The Morgan fingerprint density at radius 3 is 2.56 bits per heavy atom. The van der Waals surface area contributed by atoms with Crippen molar-refractivity contribution in [1.82, 2.24) is 4.31 Å². The van der Waals surface area contributed by atoms with Crippen molar-refractivity contribution in [1.29, 1.82) is 0 Å². The van der Waals surface area contributed by atoms with Crippen LogP contribution in [0.1, 0.15) is 36.8 Å². The molecule has 1 fully saturated rings. The lowest BCUT2D eigenvalue weighted by Gasteiger charge is -2.25. The summed E-state index contributed by atoms with van der Waals surface area (Å²) in [5.41, 5.74) is 3.33. The Hall–Kier alpha value is -2.18. The fraction of sp³-hybridized carbons (Fsp3) is 0.381. The minimum absolute atomic E-state index is 0.231. The number of anilines is 1. The maximum Gasteiger partial charge on any atom is 0.243 e. The van der Waals surface area contributed by atoms with Crippen LogP contribution in [0.4, 0.5) is 5.69 Å². The lowest BCUT2D eigenvalue weighted by Crippen LogP contribution is -2.43. The van der Waals surface area contributed by atoms with Crippen molar-refractivity contribution in [3.63, 3.8) is 0 Å². The molecule has 2 aliphatic rings. The fourth-order valence-electron chi connectivity index (χ4n) is 4.13. The van der Waals surface area contributed by atoms with E-state index in [0.29, 0.717) is 19.4 Å². The topological polar surface area (TPSA) is 66.5 Å². The molecule has 4 rings (SSSR count). The van der Waals surface area contributed by atoms with E-state index >= 15 is 0 Å². The molecule has 27 heavy (non-hydrogen) atoms. The van der Waals surface area contributed by atoms with Gasteiger partial charge in [-0.3, -0.25) is 4.79 Å². The molecule has 2 aromatic rings. The molecule has 0 spiro atoms. The van der Waals surface area contributed by atoms with Crippen molar-refractivity contribution in [3.8, 4) is 0 Å². The highest BCUT2D eigenvalue weighted by Crippen LogP contribution is 2.30. The molecule has 1 amide bonds. The number of nitrogens with zero attached hydrogens (tertiary/aromatic N) is 1. The van der Waals surface area contributed by atoms with Gasteiger partial charge in [-0.1, -0.05) is 30.3 Å². The van der Waals surface area contributed by atoms with Crippen LogP contribution in [0, 0.1) is 0 Å². The van der Waals surface area contributed by atoms with Gasteiger partial charge in [0, 0.05) is 12.2 Å². The third-order valence-electron chi connectivity index (χ3n) is 5.51. The number of carbonyl (C=O) groups is 1. The van der Waals surface area contributed by atoms with Crippen molar-refractivity contribution in [2.75, 3.05) is 11.9 Å².